The Morgan fingerprint density at radius 1 is 0.742 bits per heavy atom. The molecular formula is C30H50O. The van der Waals surface area contributed by atoms with E-state index in [-0.39, 0.29) is 11.5 Å². The summed E-state index contributed by atoms with van der Waals surface area (Å²) < 4.78 is 0. The Kier molecular flexibility index (Phi) is 4.82. The quantitative estimate of drug-likeness (QED) is 0.421. The molecule has 10 atom stereocenters. The first kappa shape index (κ1) is 22.5. The molecule has 1 N–H and O–H groups in total. The summed E-state index contributed by atoms with van der Waals surface area (Å²) in [6, 6.07) is 0. The normalized spacial score (nSPS) is 57.9. The Hall–Kier alpha value is -0.300. The van der Waals surface area contributed by atoms with E-state index < -0.39 is 0 Å². The predicted molar refractivity (Wildman–Crippen MR) is 131 cm³/mol. The van der Waals surface area contributed by atoms with Crippen LogP contribution < -0.4 is 0 Å². The van der Waals surface area contributed by atoms with Crippen LogP contribution >= 0.6 is 0 Å². The van der Waals surface area contributed by atoms with Gasteiger partial charge in [0.1, 0.15) is 0 Å². The minimum absolute atomic E-state index is 0.0632. The maximum absolute atomic E-state index is 10.9. The molecule has 0 aromatic carbocycles. The molecule has 31 heavy (non-hydrogen) atoms. The number of aliphatic hydroxyl groups is 1. The molecule has 1 nitrogen and oxygen atoms in total. The van der Waals surface area contributed by atoms with E-state index in [0.717, 1.165) is 30.1 Å². The lowest BCUT2D eigenvalue weighted by atomic mass is 9.32. The van der Waals surface area contributed by atoms with Gasteiger partial charge in [0.25, 0.3) is 0 Å². The molecule has 0 spiro atoms. The average molecular weight is 427 g/mol. The Balaban J connectivity index is 1.54. The molecule has 0 unspecified atom stereocenters. The Morgan fingerprint density at radius 3 is 2.13 bits per heavy atom. The van der Waals surface area contributed by atoms with Gasteiger partial charge in [0.05, 0.1) is 6.10 Å². The lowest BCUT2D eigenvalue weighted by molar-refractivity contribution is -0.246. The zero-order chi connectivity index (χ0) is 22.6. The van der Waals surface area contributed by atoms with Gasteiger partial charge < -0.3 is 5.11 Å². The summed E-state index contributed by atoms with van der Waals surface area (Å²) in [5.74, 6) is 3.98. The molecule has 5 aliphatic carbocycles. The molecule has 0 amide bonds. The van der Waals surface area contributed by atoms with Crippen LogP contribution in [0.1, 0.15) is 113 Å². The minimum Gasteiger partial charge on any atom is -0.393 e. The number of hydrogen-bond acceptors (Lipinski definition) is 1. The largest absolute Gasteiger partial charge is 0.393 e. The first-order valence-electron chi connectivity index (χ1n) is 13.6. The topological polar surface area (TPSA) is 20.2 Å². The van der Waals surface area contributed by atoms with Crippen LogP contribution in [0.4, 0.5) is 0 Å². The Bertz CT molecular complexity index is 766. The highest BCUT2D eigenvalue weighted by Crippen LogP contribution is 2.77. The maximum atomic E-state index is 10.9. The van der Waals surface area contributed by atoms with Crippen molar-refractivity contribution >= 4 is 0 Å². The molecule has 1 heteroatoms. The fourth-order valence-corrected chi connectivity index (χ4v) is 11.5. The van der Waals surface area contributed by atoms with Gasteiger partial charge >= 0.3 is 0 Å². The molecule has 5 rings (SSSR count). The fourth-order valence-electron chi connectivity index (χ4n) is 11.5. The zero-order valence-electron chi connectivity index (χ0n) is 21.7. The molecule has 0 heterocycles. The van der Waals surface area contributed by atoms with Crippen molar-refractivity contribution in [1.82, 2.24) is 0 Å². The molecule has 0 aromatic heterocycles. The predicted octanol–water partition coefficient (Wildman–Crippen LogP) is 8.02. The standard InChI is InChI=1S/C30H50O/c1-19(2)20-11-14-27(5)17-18-29(7)21(25(20)27)9-10-23-28(6)15-13-24(31)26(3,4)22(28)12-16-30(23,29)8/h20-25,31H,1,9-18H2,2-8H3/t20-,21+,22-,23-,24-,25-,27+,28-,29+,30+/m0/s1. The van der Waals surface area contributed by atoms with Gasteiger partial charge in [-0.3, -0.25) is 0 Å². The van der Waals surface area contributed by atoms with Crippen LogP contribution in [-0.4, -0.2) is 11.2 Å². The fraction of sp³-hybridized carbons (Fsp3) is 0.933. The van der Waals surface area contributed by atoms with E-state index in [4.69, 9.17) is 0 Å². The zero-order valence-corrected chi connectivity index (χ0v) is 21.7. The second-order valence-corrected chi connectivity index (χ2v) is 14.7. The van der Waals surface area contributed by atoms with Gasteiger partial charge in [-0.05, 0) is 128 Å². The van der Waals surface area contributed by atoms with Crippen molar-refractivity contribution in [2.24, 2.45) is 56.7 Å². The van der Waals surface area contributed by atoms with Crippen LogP contribution in [0.25, 0.3) is 0 Å². The third-order valence-electron chi connectivity index (χ3n) is 13.5. The summed E-state index contributed by atoms with van der Waals surface area (Å²) in [5, 5.41) is 10.9. The molecular weight excluding hydrogens is 376 g/mol. The molecule has 5 aliphatic rings. The monoisotopic (exact) mass is 426 g/mol. The van der Waals surface area contributed by atoms with Gasteiger partial charge in [0.2, 0.25) is 0 Å². The van der Waals surface area contributed by atoms with E-state index in [2.05, 4.69) is 55.0 Å². The summed E-state index contributed by atoms with van der Waals surface area (Å²) in [7, 11) is 0. The second-order valence-electron chi connectivity index (χ2n) is 14.7. The number of rotatable bonds is 1. The van der Waals surface area contributed by atoms with E-state index >= 15 is 0 Å². The van der Waals surface area contributed by atoms with Crippen molar-refractivity contribution in [3.05, 3.63) is 12.2 Å². The smallest absolute Gasteiger partial charge is 0.0594 e. The lowest BCUT2D eigenvalue weighted by Crippen LogP contribution is -2.66. The minimum atomic E-state index is -0.118. The van der Waals surface area contributed by atoms with Gasteiger partial charge in [0, 0.05) is 0 Å². The van der Waals surface area contributed by atoms with Crippen molar-refractivity contribution < 1.29 is 5.11 Å². The second kappa shape index (κ2) is 6.64. The van der Waals surface area contributed by atoms with Crippen LogP contribution in [0.15, 0.2) is 12.2 Å². The van der Waals surface area contributed by atoms with E-state index in [1.807, 2.05) is 0 Å². The summed E-state index contributed by atoms with van der Waals surface area (Å²) in [5.41, 5.74) is 3.38. The first-order valence-corrected chi connectivity index (χ1v) is 13.6. The summed E-state index contributed by atoms with van der Waals surface area (Å²) >= 11 is 0. The number of aliphatic hydroxyl groups excluding tert-OH is 1. The van der Waals surface area contributed by atoms with Gasteiger partial charge in [0.15, 0.2) is 0 Å². The molecule has 0 radical (unpaired) electrons. The Labute approximate surface area is 192 Å². The van der Waals surface area contributed by atoms with E-state index in [9.17, 15) is 5.11 Å². The molecule has 5 fully saturated rings. The highest BCUT2D eigenvalue weighted by atomic mass is 16.3. The van der Waals surface area contributed by atoms with Crippen LogP contribution in [0.5, 0.6) is 0 Å². The van der Waals surface area contributed by atoms with Crippen molar-refractivity contribution in [2.75, 3.05) is 0 Å². The molecule has 0 saturated heterocycles. The molecule has 0 aromatic rings. The molecule has 5 saturated carbocycles. The van der Waals surface area contributed by atoms with Gasteiger partial charge in [-0.2, -0.15) is 0 Å². The lowest BCUT2D eigenvalue weighted by Gasteiger charge is -2.73. The highest BCUT2D eigenvalue weighted by molar-refractivity contribution is 5.21. The van der Waals surface area contributed by atoms with E-state index in [1.165, 1.54) is 63.4 Å². The van der Waals surface area contributed by atoms with Gasteiger partial charge in [-0.15, -0.1) is 0 Å². The van der Waals surface area contributed by atoms with Crippen molar-refractivity contribution in [2.45, 2.75) is 119 Å². The molecule has 176 valence electrons. The van der Waals surface area contributed by atoms with Crippen LogP contribution in [0.3, 0.4) is 0 Å². The number of fused-ring (bicyclic) bond motifs is 7. The summed E-state index contributed by atoms with van der Waals surface area (Å²) in [6.07, 6.45) is 13.4. The van der Waals surface area contributed by atoms with Crippen molar-refractivity contribution in [3.8, 4) is 0 Å². The Morgan fingerprint density at radius 2 is 1.45 bits per heavy atom. The number of allylic oxidation sites excluding steroid dienone is 1. The van der Waals surface area contributed by atoms with Crippen molar-refractivity contribution in [1.29, 1.82) is 0 Å². The first-order chi connectivity index (χ1) is 14.3. The van der Waals surface area contributed by atoms with Crippen molar-refractivity contribution in [3.63, 3.8) is 0 Å². The molecule has 0 aliphatic heterocycles. The van der Waals surface area contributed by atoms with Gasteiger partial charge in [-0.1, -0.05) is 53.7 Å². The van der Waals surface area contributed by atoms with E-state index in [0.29, 0.717) is 27.6 Å². The van der Waals surface area contributed by atoms with Crippen LogP contribution in [-0.2, 0) is 0 Å². The van der Waals surface area contributed by atoms with Crippen LogP contribution in [0.2, 0.25) is 0 Å². The third-order valence-corrected chi connectivity index (χ3v) is 13.5. The highest BCUT2D eigenvalue weighted by Gasteiger charge is 2.70. The maximum Gasteiger partial charge on any atom is 0.0594 e. The average Bonchev–Trinajstić information content (AvgIpc) is 3.04. The van der Waals surface area contributed by atoms with E-state index in [1.54, 1.807) is 0 Å². The number of hydrogen-bond donors (Lipinski definition) is 1. The summed E-state index contributed by atoms with van der Waals surface area (Å²) in [6.45, 7) is 22.3. The molecule has 0 bridgehead atoms. The van der Waals surface area contributed by atoms with Crippen LogP contribution in [0, 0.1) is 56.7 Å². The third kappa shape index (κ3) is 2.65. The SMILES string of the molecule is C=C(C)[C@@H]1CC[C@]2(C)CC[C@]3(C)[C@H](CC[C@H]4[C@@]5(C)CC[C@H](O)C(C)(C)[C@@H]5CC[C@]43C)[C@H]12. The van der Waals surface area contributed by atoms with Gasteiger partial charge in [-0.25, -0.2) is 0 Å². The summed E-state index contributed by atoms with van der Waals surface area (Å²) in [4.78, 5) is 0.